The number of aliphatic carboxylic acids is 1. The van der Waals surface area contributed by atoms with Crippen LogP contribution in [0.4, 0.5) is 0 Å². The van der Waals surface area contributed by atoms with Gasteiger partial charge in [0.1, 0.15) is 0 Å². The van der Waals surface area contributed by atoms with Gasteiger partial charge in [-0.25, -0.2) is 0 Å². The maximum Gasteiger partial charge on any atom is 0.309 e. The molecule has 1 aromatic carbocycles. The second kappa shape index (κ2) is 5.51. The largest absolute Gasteiger partial charge is 0.481 e. The number of carbonyl (C=O) groups is 1. The minimum absolute atomic E-state index is 0.394. The summed E-state index contributed by atoms with van der Waals surface area (Å²) in [5.41, 5.74) is 0.963. The van der Waals surface area contributed by atoms with Crippen LogP contribution < -0.4 is 0 Å². The summed E-state index contributed by atoms with van der Waals surface area (Å²) in [6.07, 6.45) is 0.0320. The van der Waals surface area contributed by atoms with Gasteiger partial charge in [-0.3, -0.25) is 4.79 Å². The smallest absolute Gasteiger partial charge is 0.309 e. The molecule has 3 nitrogen and oxygen atoms in total. The molecule has 1 aromatic rings. The molecule has 0 spiro atoms. The number of rotatable bonds is 5. The van der Waals surface area contributed by atoms with Crippen molar-refractivity contribution in [3.05, 3.63) is 35.9 Å². The van der Waals surface area contributed by atoms with Gasteiger partial charge in [0.05, 0.1) is 12.0 Å². The monoisotopic (exact) mass is 208 g/mol. The van der Waals surface area contributed by atoms with Crippen molar-refractivity contribution in [1.29, 1.82) is 0 Å². The van der Waals surface area contributed by atoms with E-state index in [0.29, 0.717) is 12.8 Å². The van der Waals surface area contributed by atoms with Gasteiger partial charge in [0.2, 0.25) is 0 Å². The van der Waals surface area contributed by atoms with Crippen molar-refractivity contribution in [2.45, 2.75) is 25.9 Å². The molecule has 0 aliphatic rings. The van der Waals surface area contributed by atoms with Crippen molar-refractivity contribution in [3.63, 3.8) is 0 Å². The van der Waals surface area contributed by atoms with Gasteiger partial charge in [0, 0.05) is 0 Å². The van der Waals surface area contributed by atoms with Gasteiger partial charge in [-0.2, -0.15) is 0 Å². The lowest BCUT2D eigenvalue weighted by Gasteiger charge is -2.17. The van der Waals surface area contributed by atoms with Crippen LogP contribution in [0.25, 0.3) is 0 Å². The zero-order valence-electron chi connectivity index (χ0n) is 8.76. The second-order valence-electron chi connectivity index (χ2n) is 3.61. The quantitative estimate of drug-likeness (QED) is 0.774. The van der Waals surface area contributed by atoms with Crippen LogP contribution in [0.2, 0.25) is 0 Å². The Hall–Kier alpha value is -1.35. The van der Waals surface area contributed by atoms with E-state index in [2.05, 4.69) is 0 Å². The van der Waals surface area contributed by atoms with E-state index >= 15 is 0 Å². The van der Waals surface area contributed by atoms with Crippen molar-refractivity contribution in [1.82, 2.24) is 0 Å². The van der Waals surface area contributed by atoms with E-state index in [9.17, 15) is 9.90 Å². The number of hydrogen-bond donors (Lipinski definition) is 2. The number of aliphatic hydroxyl groups is 1. The van der Waals surface area contributed by atoms with Gasteiger partial charge in [0.15, 0.2) is 0 Å². The summed E-state index contributed by atoms with van der Waals surface area (Å²) in [4.78, 5) is 10.8. The molecule has 0 aliphatic carbocycles. The zero-order valence-corrected chi connectivity index (χ0v) is 8.76. The van der Waals surface area contributed by atoms with Crippen LogP contribution in [0.1, 0.15) is 18.9 Å². The molecule has 15 heavy (non-hydrogen) atoms. The average Bonchev–Trinajstić information content (AvgIpc) is 2.19. The summed E-state index contributed by atoms with van der Waals surface area (Å²) in [7, 11) is 0. The highest BCUT2D eigenvalue weighted by molar-refractivity contribution is 5.70. The fourth-order valence-corrected chi connectivity index (χ4v) is 1.61. The summed E-state index contributed by atoms with van der Waals surface area (Å²) in [6, 6.07) is 9.42. The molecule has 0 saturated carbocycles. The lowest BCUT2D eigenvalue weighted by molar-refractivity contribution is -0.145. The van der Waals surface area contributed by atoms with Gasteiger partial charge in [-0.1, -0.05) is 37.3 Å². The number of benzene rings is 1. The van der Waals surface area contributed by atoms with Crippen LogP contribution in [0.5, 0.6) is 0 Å². The van der Waals surface area contributed by atoms with E-state index in [1.807, 2.05) is 30.3 Å². The summed E-state index contributed by atoms with van der Waals surface area (Å²) >= 11 is 0. The predicted octanol–water partition coefficient (Wildman–Crippen LogP) is 1.70. The van der Waals surface area contributed by atoms with Crippen molar-refractivity contribution >= 4 is 5.97 Å². The molecule has 1 rings (SSSR count). The van der Waals surface area contributed by atoms with Crippen LogP contribution in [0.15, 0.2) is 30.3 Å². The van der Waals surface area contributed by atoms with E-state index in [1.165, 1.54) is 0 Å². The van der Waals surface area contributed by atoms with Crippen molar-refractivity contribution in [2.75, 3.05) is 0 Å². The van der Waals surface area contributed by atoms with E-state index in [-0.39, 0.29) is 0 Å². The molecule has 2 atom stereocenters. The van der Waals surface area contributed by atoms with Gasteiger partial charge in [-0.15, -0.1) is 0 Å². The second-order valence-corrected chi connectivity index (χ2v) is 3.61. The molecule has 0 amide bonds. The lowest BCUT2D eigenvalue weighted by atomic mass is 9.94. The molecule has 0 saturated heterocycles. The Balaban J connectivity index is 2.62. The first kappa shape index (κ1) is 11.7. The standard InChI is InChI=1S/C12H16O3/c1-2-10(12(14)15)11(13)8-9-6-4-3-5-7-9/h3-7,10-11,13H,2,8H2,1H3,(H,14,15). The minimum atomic E-state index is -0.930. The Morgan fingerprint density at radius 3 is 2.40 bits per heavy atom. The Morgan fingerprint density at radius 2 is 1.93 bits per heavy atom. The van der Waals surface area contributed by atoms with Gasteiger partial charge >= 0.3 is 5.97 Å². The van der Waals surface area contributed by atoms with E-state index < -0.39 is 18.0 Å². The van der Waals surface area contributed by atoms with Gasteiger partial charge in [0.25, 0.3) is 0 Å². The van der Waals surface area contributed by atoms with E-state index in [0.717, 1.165) is 5.56 Å². The van der Waals surface area contributed by atoms with Gasteiger partial charge < -0.3 is 10.2 Å². The number of hydrogen-bond acceptors (Lipinski definition) is 2. The normalized spacial score (nSPS) is 14.5. The van der Waals surface area contributed by atoms with Crippen molar-refractivity contribution < 1.29 is 15.0 Å². The first-order chi connectivity index (χ1) is 7.15. The third-order valence-corrected chi connectivity index (χ3v) is 2.51. The molecule has 0 heterocycles. The third-order valence-electron chi connectivity index (χ3n) is 2.51. The number of carboxylic acids is 1. The van der Waals surface area contributed by atoms with Gasteiger partial charge in [-0.05, 0) is 18.4 Å². The highest BCUT2D eigenvalue weighted by Crippen LogP contribution is 2.14. The first-order valence-corrected chi connectivity index (χ1v) is 5.10. The summed E-state index contributed by atoms with van der Waals surface area (Å²) < 4.78 is 0. The summed E-state index contributed by atoms with van der Waals surface area (Å²) in [5.74, 6) is -1.61. The topological polar surface area (TPSA) is 57.5 Å². The number of aliphatic hydroxyl groups excluding tert-OH is 1. The average molecular weight is 208 g/mol. The lowest BCUT2D eigenvalue weighted by Crippen LogP contribution is -2.29. The Labute approximate surface area is 89.4 Å². The Kier molecular flexibility index (Phi) is 4.31. The molecule has 3 heteroatoms. The Bertz CT molecular complexity index is 308. The van der Waals surface area contributed by atoms with Crippen LogP contribution in [-0.2, 0) is 11.2 Å². The summed E-state index contributed by atoms with van der Waals surface area (Å²) in [6.45, 7) is 1.77. The Morgan fingerprint density at radius 1 is 1.33 bits per heavy atom. The third kappa shape index (κ3) is 3.36. The van der Waals surface area contributed by atoms with Crippen molar-refractivity contribution in [3.8, 4) is 0 Å². The molecule has 2 N–H and O–H groups in total. The molecule has 0 bridgehead atoms. The molecular formula is C12H16O3. The SMILES string of the molecule is CCC(C(=O)O)C(O)Cc1ccccc1. The molecule has 0 aromatic heterocycles. The van der Waals surface area contributed by atoms with Crippen molar-refractivity contribution in [2.24, 2.45) is 5.92 Å². The van der Waals surface area contributed by atoms with E-state index in [4.69, 9.17) is 5.11 Å². The maximum absolute atomic E-state index is 10.8. The highest BCUT2D eigenvalue weighted by atomic mass is 16.4. The van der Waals surface area contributed by atoms with Crippen LogP contribution in [0.3, 0.4) is 0 Å². The highest BCUT2D eigenvalue weighted by Gasteiger charge is 2.24. The minimum Gasteiger partial charge on any atom is -0.481 e. The van der Waals surface area contributed by atoms with Crippen LogP contribution >= 0.6 is 0 Å². The molecule has 0 radical (unpaired) electrons. The summed E-state index contributed by atoms with van der Waals surface area (Å²) in [5, 5.41) is 18.6. The van der Waals surface area contributed by atoms with Crippen LogP contribution in [0, 0.1) is 5.92 Å². The van der Waals surface area contributed by atoms with E-state index in [1.54, 1.807) is 6.92 Å². The maximum atomic E-state index is 10.8. The molecule has 82 valence electrons. The fourth-order valence-electron chi connectivity index (χ4n) is 1.61. The molecule has 2 unspecified atom stereocenters. The fraction of sp³-hybridized carbons (Fsp3) is 0.417. The zero-order chi connectivity index (χ0) is 11.3. The molecule has 0 aliphatic heterocycles. The molecule has 0 fully saturated rings. The van der Waals surface area contributed by atoms with Crippen LogP contribution in [-0.4, -0.2) is 22.3 Å². The first-order valence-electron chi connectivity index (χ1n) is 5.10. The molecular weight excluding hydrogens is 192 g/mol. The predicted molar refractivity (Wildman–Crippen MR) is 57.6 cm³/mol. The number of carboxylic acid groups (broad SMARTS) is 1.